The number of hydrogen-bond acceptors (Lipinski definition) is 3. The number of rotatable bonds is 17. The van der Waals surface area contributed by atoms with Crippen LogP contribution in [0.1, 0.15) is 96.5 Å². The molecule has 1 amide bonds. The average Bonchev–Trinajstić information content (AvgIpc) is 2.75. The van der Waals surface area contributed by atoms with Crippen molar-refractivity contribution in [1.82, 2.24) is 4.90 Å². The third-order valence-corrected chi connectivity index (χ3v) is 5.52. The van der Waals surface area contributed by atoms with Crippen LogP contribution in [0.3, 0.4) is 0 Å². The number of hydrogen-bond donors (Lipinski definition) is 1. The Bertz CT molecular complexity index is 576. The molecule has 0 unspecified atom stereocenters. The largest absolute Gasteiger partial charge is 0.480 e. The summed E-state index contributed by atoms with van der Waals surface area (Å²) in [5.74, 6) is -1.01. The van der Waals surface area contributed by atoms with E-state index in [0.29, 0.717) is 6.54 Å². The summed E-state index contributed by atoms with van der Waals surface area (Å²) in [5.41, 5.74) is 0.888. The Morgan fingerprint density at radius 1 is 0.867 bits per heavy atom. The molecule has 0 saturated heterocycles. The molecule has 1 atom stereocenters. The van der Waals surface area contributed by atoms with Crippen LogP contribution in [0.4, 0.5) is 4.79 Å². The van der Waals surface area contributed by atoms with Crippen LogP contribution in [0.5, 0.6) is 0 Å². The van der Waals surface area contributed by atoms with Crippen molar-refractivity contribution >= 4 is 12.1 Å². The van der Waals surface area contributed by atoms with Crippen molar-refractivity contribution in [3.05, 3.63) is 35.9 Å². The second-order valence-electron chi connectivity index (χ2n) is 8.14. The molecule has 5 nitrogen and oxygen atoms in total. The molecular formula is C25H41NO4. The molecule has 1 N–H and O–H groups in total. The first-order valence-electron chi connectivity index (χ1n) is 11.8. The summed E-state index contributed by atoms with van der Waals surface area (Å²) in [5, 5.41) is 9.33. The Hall–Kier alpha value is -2.04. The number of aliphatic carboxylic acids is 1. The van der Waals surface area contributed by atoms with Crippen LogP contribution in [0.15, 0.2) is 30.3 Å². The molecule has 0 heterocycles. The minimum absolute atomic E-state index is 0.154. The average molecular weight is 420 g/mol. The van der Waals surface area contributed by atoms with Gasteiger partial charge in [0.05, 0.1) is 0 Å². The normalized spacial score (nSPS) is 11.8. The molecule has 0 aliphatic rings. The predicted octanol–water partition coefficient (Wildman–Crippen LogP) is 6.80. The molecule has 1 aromatic carbocycles. The number of amides is 1. The standard InChI is InChI=1S/C25H41NO4/c1-3-4-5-6-7-8-9-10-11-12-13-17-20-26(22(2)24(27)28)25(29)30-21-23-18-15-14-16-19-23/h14-16,18-19,22H,3-13,17,20-21H2,1-2H3,(H,27,28)/t22-/m0/s1. The molecule has 0 fully saturated rings. The van der Waals surface area contributed by atoms with E-state index in [2.05, 4.69) is 6.92 Å². The lowest BCUT2D eigenvalue weighted by Gasteiger charge is -2.25. The Morgan fingerprint density at radius 2 is 1.37 bits per heavy atom. The van der Waals surface area contributed by atoms with E-state index in [1.165, 1.54) is 69.6 Å². The quantitative estimate of drug-likeness (QED) is 0.282. The second kappa shape index (κ2) is 16.7. The summed E-state index contributed by atoms with van der Waals surface area (Å²) in [6.07, 6.45) is 14.2. The van der Waals surface area contributed by atoms with Crippen molar-refractivity contribution in [3.8, 4) is 0 Å². The van der Waals surface area contributed by atoms with Gasteiger partial charge in [0.25, 0.3) is 0 Å². The molecule has 0 aromatic heterocycles. The first-order chi connectivity index (χ1) is 14.6. The summed E-state index contributed by atoms with van der Waals surface area (Å²) in [6.45, 7) is 4.35. The van der Waals surface area contributed by atoms with Crippen molar-refractivity contribution in [2.75, 3.05) is 6.54 Å². The van der Waals surface area contributed by atoms with Crippen LogP contribution in [0, 0.1) is 0 Å². The zero-order chi connectivity index (χ0) is 22.0. The molecular weight excluding hydrogens is 378 g/mol. The first-order valence-corrected chi connectivity index (χ1v) is 11.8. The fraction of sp³-hybridized carbons (Fsp3) is 0.680. The fourth-order valence-electron chi connectivity index (χ4n) is 3.50. The SMILES string of the molecule is CCCCCCCCCCCCCCN(C(=O)OCc1ccccc1)[C@@H](C)C(=O)O. The van der Waals surface area contributed by atoms with Gasteiger partial charge in [0.1, 0.15) is 12.6 Å². The molecule has 30 heavy (non-hydrogen) atoms. The Kier molecular flexibility index (Phi) is 14.5. The fourth-order valence-corrected chi connectivity index (χ4v) is 3.50. The van der Waals surface area contributed by atoms with Gasteiger partial charge in [-0.2, -0.15) is 0 Å². The zero-order valence-corrected chi connectivity index (χ0v) is 19.0. The maximum atomic E-state index is 12.4. The lowest BCUT2D eigenvalue weighted by molar-refractivity contribution is -0.142. The lowest BCUT2D eigenvalue weighted by Crippen LogP contribution is -2.44. The zero-order valence-electron chi connectivity index (χ0n) is 19.0. The molecule has 5 heteroatoms. The lowest BCUT2D eigenvalue weighted by atomic mass is 10.1. The Labute approximate surface area is 182 Å². The summed E-state index contributed by atoms with van der Waals surface area (Å²) in [7, 11) is 0. The van der Waals surface area contributed by atoms with Gasteiger partial charge < -0.3 is 9.84 Å². The van der Waals surface area contributed by atoms with E-state index >= 15 is 0 Å². The van der Waals surface area contributed by atoms with Crippen LogP contribution in [0.25, 0.3) is 0 Å². The van der Waals surface area contributed by atoms with E-state index in [9.17, 15) is 14.7 Å². The highest BCUT2D eigenvalue weighted by Crippen LogP contribution is 2.13. The molecule has 1 rings (SSSR count). The van der Waals surface area contributed by atoms with E-state index in [4.69, 9.17) is 4.74 Å². The number of unbranched alkanes of at least 4 members (excludes halogenated alkanes) is 11. The van der Waals surface area contributed by atoms with Gasteiger partial charge in [-0.25, -0.2) is 9.59 Å². The van der Waals surface area contributed by atoms with Crippen LogP contribution in [-0.4, -0.2) is 34.7 Å². The van der Waals surface area contributed by atoms with Gasteiger partial charge in [-0.05, 0) is 18.9 Å². The molecule has 0 bridgehead atoms. The van der Waals surface area contributed by atoms with Crippen molar-refractivity contribution in [1.29, 1.82) is 0 Å². The van der Waals surface area contributed by atoms with Crippen LogP contribution < -0.4 is 0 Å². The van der Waals surface area contributed by atoms with E-state index in [1.54, 1.807) is 0 Å². The number of ether oxygens (including phenoxy) is 1. The van der Waals surface area contributed by atoms with E-state index in [0.717, 1.165) is 24.8 Å². The molecule has 0 aliphatic carbocycles. The van der Waals surface area contributed by atoms with Crippen LogP contribution in [0.2, 0.25) is 0 Å². The first kappa shape index (κ1) is 26.0. The third-order valence-electron chi connectivity index (χ3n) is 5.52. The van der Waals surface area contributed by atoms with Gasteiger partial charge in [-0.15, -0.1) is 0 Å². The van der Waals surface area contributed by atoms with Crippen molar-refractivity contribution in [2.24, 2.45) is 0 Å². The molecule has 0 saturated carbocycles. The minimum Gasteiger partial charge on any atom is -0.480 e. The van der Waals surface area contributed by atoms with Crippen molar-refractivity contribution in [3.63, 3.8) is 0 Å². The topological polar surface area (TPSA) is 66.8 Å². The molecule has 0 radical (unpaired) electrons. The summed E-state index contributed by atoms with van der Waals surface area (Å²) in [6, 6.07) is 8.53. The number of carboxylic acid groups (broad SMARTS) is 1. The highest BCUT2D eigenvalue weighted by atomic mass is 16.6. The van der Waals surface area contributed by atoms with E-state index in [1.807, 2.05) is 30.3 Å². The number of benzene rings is 1. The van der Waals surface area contributed by atoms with Gasteiger partial charge in [0.15, 0.2) is 0 Å². The Balaban J connectivity index is 2.21. The summed E-state index contributed by atoms with van der Waals surface area (Å²) in [4.78, 5) is 25.2. The maximum Gasteiger partial charge on any atom is 0.410 e. The second-order valence-corrected chi connectivity index (χ2v) is 8.14. The summed E-state index contributed by atoms with van der Waals surface area (Å²) < 4.78 is 5.34. The number of nitrogens with zero attached hydrogens (tertiary/aromatic N) is 1. The molecule has 170 valence electrons. The molecule has 0 aliphatic heterocycles. The predicted molar refractivity (Wildman–Crippen MR) is 122 cm³/mol. The van der Waals surface area contributed by atoms with Crippen LogP contribution >= 0.6 is 0 Å². The maximum absolute atomic E-state index is 12.4. The Morgan fingerprint density at radius 3 is 1.87 bits per heavy atom. The monoisotopic (exact) mass is 419 g/mol. The van der Waals surface area contributed by atoms with Crippen molar-refractivity contribution < 1.29 is 19.4 Å². The number of carboxylic acids is 1. The highest BCUT2D eigenvalue weighted by molar-refractivity contribution is 5.79. The molecule has 0 spiro atoms. The van der Waals surface area contributed by atoms with Gasteiger partial charge in [-0.3, -0.25) is 4.90 Å². The number of carbonyl (C=O) groups excluding carboxylic acids is 1. The highest BCUT2D eigenvalue weighted by Gasteiger charge is 2.26. The summed E-state index contributed by atoms with van der Waals surface area (Å²) >= 11 is 0. The smallest absolute Gasteiger partial charge is 0.410 e. The van der Waals surface area contributed by atoms with Gasteiger partial charge >= 0.3 is 12.1 Å². The van der Waals surface area contributed by atoms with E-state index < -0.39 is 18.1 Å². The van der Waals surface area contributed by atoms with Gasteiger partial charge in [0, 0.05) is 6.54 Å². The van der Waals surface area contributed by atoms with Gasteiger partial charge in [-0.1, -0.05) is 108 Å². The van der Waals surface area contributed by atoms with Crippen molar-refractivity contribution in [2.45, 2.75) is 104 Å². The third kappa shape index (κ3) is 11.8. The van der Waals surface area contributed by atoms with E-state index in [-0.39, 0.29) is 6.61 Å². The van der Waals surface area contributed by atoms with Crippen LogP contribution in [-0.2, 0) is 16.1 Å². The minimum atomic E-state index is -1.01. The molecule has 1 aromatic rings. The van der Waals surface area contributed by atoms with Gasteiger partial charge in [0.2, 0.25) is 0 Å². The number of carbonyl (C=O) groups is 2.